The van der Waals surface area contributed by atoms with Crippen LogP contribution in [0, 0.1) is 0 Å². The molecule has 2 aliphatic carbocycles. The maximum absolute atomic E-state index is 10.4. The van der Waals surface area contributed by atoms with Gasteiger partial charge >= 0.3 is 0 Å². The van der Waals surface area contributed by atoms with Crippen LogP contribution in [0.3, 0.4) is 0 Å². The molecule has 86 valence electrons. The SMILES string of the molecule is NC1(c2ccc3c(c2O)CCCC3)CCC1. The molecule has 0 saturated heterocycles. The van der Waals surface area contributed by atoms with E-state index in [0.717, 1.165) is 31.2 Å². The first-order chi connectivity index (χ1) is 7.71. The molecule has 0 aliphatic heterocycles. The Bertz CT molecular complexity index is 421. The minimum atomic E-state index is -0.240. The first-order valence-electron chi connectivity index (χ1n) is 6.34. The second-order valence-corrected chi connectivity index (χ2v) is 5.32. The molecule has 1 aromatic carbocycles. The Morgan fingerprint density at radius 3 is 2.50 bits per heavy atom. The lowest BCUT2D eigenvalue weighted by atomic mass is 9.71. The van der Waals surface area contributed by atoms with Crippen LogP contribution in [0.5, 0.6) is 5.75 Å². The molecular formula is C14H19NO. The standard InChI is InChI=1S/C14H19NO/c15-14(8-3-9-14)12-7-6-10-4-1-2-5-11(10)13(12)16/h6-7,16H,1-5,8-9,15H2. The molecule has 2 nitrogen and oxygen atoms in total. The van der Waals surface area contributed by atoms with E-state index >= 15 is 0 Å². The van der Waals surface area contributed by atoms with Crippen LogP contribution in [-0.2, 0) is 18.4 Å². The third-order valence-electron chi connectivity index (χ3n) is 4.28. The van der Waals surface area contributed by atoms with E-state index in [9.17, 15) is 5.11 Å². The van der Waals surface area contributed by atoms with Gasteiger partial charge in [0.2, 0.25) is 0 Å². The van der Waals surface area contributed by atoms with Gasteiger partial charge in [0.1, 0.15) is 5.75 Å². The number of fused-ring (bicyclic) bond motifs is 1. The van der Waals surface area contributed by atoms with Crippen molar-refractivity contribution in [3.05, 3.63) is 28.8 Å². The maximum atomic E-state index is 10.4. The van der Waals surface area contributed by atoms with Crippen LogP contribution in [-0.4, -0.2) is 5.11 Å². The topological polar surface area (TPSA) is 46.2 Å². The molecular weight excluding hydrogens is 198 g/mol. The number of phenols is 1. The van der Waals surface area contributed by atoms with Crippen molar-refractivity contribution in [2.24, 2.45) is 5.73 Å². The van der Waals surface area contributed by atoms with Gasteiger partial charge in [-0.3, -0.25) is 0 Å². The molecule has 0 spiro atoms. The smallest absolute Gasteiger partial charge is 0.124 e. The average Bonchev–Trinajstić information content (AvgIpc) is 2.27. The number of phenolic OH excluding ortho intramolecular Hbond substituents is 1. The van der Waals surface area contributed by atoms with Gasteiger partial charge in [0, 0.05) is 11.1 Å². The summed E-state index contributed by atoms with van der Waals surface area (Å²) in [7, 11) is 0. The highest BCUT2D eigenvalue weighted by molar-refractivity contribution is 5.50. The van der Waals surface area contributed by atoms with Crippen LogP contribution in [0.15, 0.2) is 12.1 Å². The number of aromatic hydroxyl groups is 1. The number of hydrogen-bond donors (Lipinski definition) is 2. The van der Waals surface area contributed by atoms with Crippen molar-refractivity contribution in [1.82, 2.24) is 0 Å². The van der Waals surface area contributed by atoms with Gasteiger partial charge in [-0.15, -0.1) is 0 Å². The van der Waals surface area contributed by atoms with Crippen LogP contribution in [0.2, 0.25) is 0 Å². The van der Waals surface area contributed by atoms with Crippen molar-refractivity contribution in [2.45, 2.75) is 50.5 Å². The fourth-order valence-corrected chi connectivity index (χ4v) is 3.04. The molecule has 0 aromatic heterocycles. The highest BCUT2D eigenvalue weighted by Gasteiger charge is 2.37. The number of aryl methyl sites for hydroxylation is 1. The largest absolute Gasteiger partial charge is 0.507 e. The second-order valence-electron chi connectivity index (χ2n) is 5.32. The summed E-state index contributed by atoms with van der Waals surface area (Å²) in [6.07, 6.45) is 7.79. The molecule has 0 atom stereocenters. The van der Waals surface area contributed by atoms with Gasteiger partial charge < -0.3 is 10.8 Å². The monoisotopic (exact) mass is 217 g/mol. The van der Waals surface area contributed by atoms with Crippen LogP contribution in [0.25, 0.3) is 0 Å². The van der Waals surface area contributed by atoms with E-state index in [2.05, 4.69) is 12.1 Å². The lowest BCUT2D eigenvalue weighted by Gasteiger charge is -2.39. The van der Waals surface area contributed by atoms with Crippen molar-refractivity contribution in [3.63, 3.8) is 0 Å². The van der Waals surface area contributed by atoms with Crippen molar-refractivity contribution < 1.29 is 5.11 Å². The van der Waals surface area contributed by atoms with Crippen molar-refractivity contribution >= 4 is 0 Å². The number of nitrogens with two attached hydrogens (primary N) is 1. The zero-order valence-corrected chi connectivity index (χ0v) is 9.63. The third kappa shape index (κ3) is 1.36. The highest BCUT2D eigenvalue weighted by Crippen LogP contribution is 2.45. The van der Waals surface area contributed by atoms with Crippen LogP contribution in [0.1, 0.15) is 48.8 Å². The Labute approximate surface area is 96.5 Å². The van der Waals surface area contributed by atoms with Gasteiger partial charge in [0.25, 0.3) is 0 Å². The third-order valence-corrected chi connectivity index (χ3v) is 4.28. The average molecular weight is 217 g/mol. The quantitative estimate of drug-likeness (QED) is 0.759. The van der Waals surface area contributed by atoms with Crippen LogP contribution < -0.4 is 5.73 Å². The van der Waals surface area contributed by atoms with Crippen LogP contribution in [0.4, 0.5) is 0 Å². The minimum Gasteiger partial charge on any atom is -0.507 e. The van der Waals surface area contributed by atoms with Gasteiger partial charge in [0.15, 0.2) is 0 Å². The van der Waals surface area contributed by atoms with Gasteiger partial charge in [-0.1, -0.05) is 12.1 Å². The number of hydrogen-bond acceptors (Lipinski definition) is 2. The summed E-state index contributed by atoms with van der Waals surface area (Å²) in [5.41, 5.74) is 9.54. The Morgan fingerprint density at radius 2 is 1.81 bits per heavy atom. The summed E-state index contributed by atoms with van der Waals surface area (Å²) in [5.74, 6) is 0.499. The Morgan fingerprint density at radius 1 is 1.06 bits per heavy atom. The van der Waals surface area contributed by atoms with Gasteiger partial charge in [0.05, 0.1) is 0 Å². The molecule has 2 heteroatoms. The van der Waals surface area contributed by atoms with E-state index < -0.39 is 0 Å². The van der Waals surface area contributed by atoms with Gasteiger partial charge in [-0.25, -0.2) is 0 Å². The summed E-state index contributed by atoms with van der Waals surface area (Å²) < 4.78 is 0. The Hall–Kier alpha value is -1.02. The summed E-state index contributed by atoms with van der Waals surface area (Å²) >= 11 is 0. The van der Waals surface area contributed by atoms with Crippen molar-refractivity contribution in [1.29, 1.82) is 0 Å². The van der Waals surface area contributed by atoms with E-state index in [1.54, 1.807) is 0 Å². The summed E-state index contributed by atoms with van der Waals surface area (Å²) in [5, 5.41) is 10.4. The first-order valence-corrected chi connectivity index (χ1v) is 6.34. The van der Waals surface area contributed by atoms with E-state index in [-0.39, 0.29) is 5.54 Å². The molecule has 1 saturated carbocycles. The molecule has 1 aromatic rings. The fraction of sp³-hybridized carbons (Fsp3) is 0.571. The van der Waals surface area contributed by atoms with Crippen molar-refractivity contribution in [2.75, 3.05) is 0 Å². The predicted molar refractivity (Wildman–Crippen MR) is 64.5 cm³/mol. The molecule has 0 amide bonds. The molecule has 1 fully saturated rings. The molecule has 0 heterocycles. The molecule has 2 aliphatic rings. The molecule has 16 heavy (non-hydrogen) atoms. The van der Waals surface area contributed by atoms with Crippen LogP contribution >= 0.6 is 0 Å². The normalized spacial score (nSPS) is 22.3. The van der Waals surface area contributed by atoms with E-state index in [1.165, 1.54) is 30.4 Å². The minimum absolute atomic E-state index is 0.240. The molecule has 0 radical (unpaired) electrons. The highest BCUT2D eigenvalue weighted by atomic mass is 16.3. The zero-order chi connectivity index (χ0) is 11.2. The molecule has 3 rings (SSSR count). The summed E-state index contributed by atoms with van der Waals surface area (Å²) in [6, 6.07) is 4.23. The number of rotatable bonds is 1. The summed E-state index contributed by atoms with van der Waals surface area (Å²) in [6.45, 7) is 0. The first kappa shape index (κ1) is 10.2. The predicted octanol–water partition coefficient (Wildman–Crippen LogP) is 2.61. The Balaban J connectivity index is 2.07. The molecule has 0 bridgehead atoms. The van der Waals surface area contributed by atoms with E-state index in [4.69, 9.17) is 5.73 Å². The van der Waals surface area contributed by atoms with Crippen molar-refractivity contribution in [3.8, 4) is 5.75 Å². The Kier molecular flexibility index (Phi) is 2.21. The van der Waals surface area contributed by atoms with E-state index in [0.29, 0.717) is 5.75 Å². The second kappa shape index (κ2) is 3.49. The van der Waals surface area contributed by atoms with Gasteiger partial charge in [-0.2, -0.15) is 0 Å². The van der Waals surface area contributed by atoms with E-state index in [1.807, 2.05) is 0 Å². The zero-order valence-electron chi connectivity index (χ0n) is 9.63. The summed E-state index contributed by atoms with van der Waals surface area (Å²) in [4.78, 5) is 0. The lowest BCUT2D eigenvalue weighted by Crippen LogP contribution is -2.43. The molecule has 0 unspecified atom stereocenters. The fourth-order valence-electron chi connectivity index (χ4n) is 3.04. The molecule has 3 N–H and O–H groups in total. The number of benzene rings is 1. The van der Waals surface area contributed by atoms with Gasteiger partial charge in [-0.05, 0) is 56.1 Å². The lowest BCUT2D eigenvalue weighted by molar-refractivity contribution is 0.244. The maximum Gasteiger partial charge on any atom is 0.124 e.